The molecule has 2 saturated heterocycles. The summed E-state index contributed by atoms with van der Waals surface area (Å²) in [6.45, 7) is 8.87. The van der Waals surface area contributed by atoms with E-state index in [1.54, 1.807) is 18.3 Å². The lowest BCUT2D eigenvalue weighted by Gasteiger charge is -2.43. The van der Waals surface area contributed by atoms with E-state index >= 15 is 0 Å². The average molecular weight is 656 g/mol. The van der Waals surface area contributed by atoms with Gasteiger partial charge in [-0.15, -0.1) is 0 Å². The molecule has 0 aliphatic carbocycles. The first kappa shape index (κ1) is 32.4. The first-order chi connectivity index (χ1) is 22.6. The zero-order valence-electron chi connectivity index (χ0n) is 27.3. The van der Waals surface area contributed by atoms with E-state index in [1.807, 2.05) is 6.07 Å². The van der Waals surface area contributed by atoms with Gasteiger partial charge >= 0.3 is 0 Å². The Balaban J connectivity index is 1.21. The molecule has 6 rings (SSSR count). The summed E-state index contributed by atoms with van der Waals surface area (Å²) in [5.74, 6) is 0.528. The van der Waals surface area contributed by atoms with Crippen molar-refractivity contribution < 1.29 is 8.42 Å². The molecule has 14 heteroatoms. The van der Waals surface area contributed by atoms with Gasteiger partial charge in [-0.1, -0.05) is 6.92 Å². The van der Waals surface area contributed by atoms with Crippen molar-refractivity contribution in [3.63, 3.8) is 0 Å². The summed E-state index contributed by atoms with van der Waals surface area (Å²) in [6.07, 6.45) is 8.84. The van der Waals surface area contributed by atoms with Crippen LogP contribution in [0.15, 0.2) is 48.9 Å². The maximum atomic E-state index is 12.6. The van der Waals surface area contributed by atoms with Crippen LogP contribution in [0.2, 0.25) is 0 Å². The number of piperidine rings is 1. The SMILES string of the molecule is CCc1cc(Nc2ncc(C#N)c(Nc3ccc4nccnc4c3N(C)S(C)(=O)=O)n2)ccc1N1CCC(N2CCN(C)CC2)CC1. The molecule has 2 aliphatic rings. The van der Waals surface area contributed by atoms with Crippen LogP contribution in [-0.2, 0) is 16.4 Å². The van der Waals surface area contributed by atoms with Crippen molar-refractivity contribution in [1.29, 1.82) is 5.26 Å². The molecule has 0 radical (unpaired) electrons. The van der Waals surface area contributed by atoms with Crippen molar-refractivity contribution in [3.8, 4) is 6.07 Å². The number of aryl methyl sites for hydroxylation is 1. The number of sulfonamides is 1. The molecule has 2 N–H and O–H groups in total. The van der Waals surface area contributed by atoms with Crippen molar-refractivity contribution in [3.05, 3.63) is 60.0 Å². The summed E-state index contributed by atoms with van der Waals surface area (Å²) in [4.78, 5) is 25.3. The van der Waals surface area contributed by atoms with Crippen molar-refractivity contribution in [2.45, 2.75) is 32.2 Å². The average Bonchev–Trinajstić information content (AvgIpc) is 3.08. The van der Waals surface area contributed by atoms with Gasteiger partial charge in [-0.25, -0.2) is 13.4 Å². The summed E-state index contributed by atoms with van der Waals surface area (Å²) >= 11 is 0. The molecular formula is C33H41N11O2S. The maximum Gasteiger partial charge on any atom is 0.232 e. The Morgan fingerprint density at radius 3 is 2.45 bits per heavy atom. The molecule has 0 amide bonds. The highest BCUT2D eigenvalue weighted by atomic mass is 32.2. The van der Waals surface area contributed by atoms with E-state index in [0.29, 0.717) is 34.4 Å². The highest BCUT2D eigenvalue weighted by molar-refractivity contribution is 7.92. The molecular weight excluding hydrogens is 615 g/mol. The van der Waals surface area contributed by atoms with Crippen molar-refractivity contribution in [2.75, 3.05) is 79.5 Å². The predicted molar refractivity (Wildman–Crippen MR) is 186 cm³/mol. The largest absolute Gasteiger partial charge is 0.371 e. The minimum atomic E-state index is -3.65. The zero-order chi connectivity index (χ0) is 33.1. The maximum absolute atomic E-state index is 12.6. The third-order valence-corrected chi connectivity index (χ3v) is 10.3. The van der Waals surface area contributed by atoms with Gasteiger partial charge in [-0.05, 0) is 62.2 Å². The van der Waals surface area contributed by atoms with E-state index in [9.17, 15) is 13.7 Å². The van der Waals surface area contributed by atoms with E-state index in [-0.39, 0.29) is 11.4 Å². The van der Waals surface area contributed by atoms with Crippen LogP contribution in [0, 0.1) is 11.3 Å². The number of benzene rings is 2. The monoisotopic (exact) mass is 655 g/mol. The number of aromatic nitrogens is 4. The molecule has 47 heavy (non-hydrogen) atoms. The third-order valence-electron chi connectivity index (χ3n) is 9.16. The summed E-state index contributed by atoms with van der Waals surface area (Å²) in [6, 6.07) is 12.6. The third kappa shape index (κ3) is 7.07. The number of nitrogens with zero attached hydrogens (tertiary/aromatic N) is 9. The number of likely N-dealkylation sites (N-methyl/N-ethyl adjacent to an activating group) is 1. The Hall–Kier alpha value is -4.58. The fourth-order valence-electron chi connectivity index (χ4n) is 6.40. The van der Waals surface area contributed by atoms with Crippen molar-refractivity contribution in [2.24, 2.45) is 0 Å². The quantitative estimate of drug-likeness (QED) is 0.269. The molecule has 2 aromatic heterocycles. The minimum Gasteiger partial charge on any atom is -0.371 e. The molecule has 2 aromatic carbocycles. The van der Waals surface area contributed by atoms with E-state index in [1.165, 1.54) is 43.5 Å². The molecule has 0 bridgehead atoms. The highest BCUT2D eigenvalue weighted by Crippen LogP contribution is 2.36. The second-order valence-electron chi connectivity index (χ2n) is 12.2. The molecule has 13 nitrogen and oxygen atoms in total. The standard InChI is InChI=1S/C33H41N11O2S/c1-5-23-20-25(6-9-29(23)44-14-10-26(11-15-44)43-18-16-41(2)17-19-43)38-33-37-22-24(21-34)32(40-33)39-28-8-7-27-30(36-13-12-35-27)31(28)42(3)47(4,45)46/h6-9,12-13,20,22,26H,5,10-11,14-19H2,1-4H3,(H2,37,38,39,40). The Kier molecular flexibility index (Phi) is 9.40. The number of hydrogen-bond donors (Lipinski definition) is 2. The number of nitriles is 1. The van der Waals surface area contributed by atoms with Gasteiger partial charge < -0.3 is 20.4 Å². The van der Waals surface area contributed by atoms with E-state index in [2.05, 4.69) is 77.4 Å². The summed E-state index contributed by atoms with van der Waals surface area (Å²) in [7, 11) is 0.00713. The smallest absolute Gasteiger partial charge is 0.232 e. The molecule has 0 saturated carbocycles. The Labute approximate surface area is 276 Å². The fourth-order valence-corrected chi connectivity index (χ4v) is 6.91. The molecule has 2 fully saturated rings. The van der Waals surface area contributed by atoms with Gasteiger partial charge in [-0.2, -0.15) is 10.2 Å². The van der Waals surface area contributed by atoms with Gasteiger partial charge in [0.25, 0.3) is 0 Å². The Morgan fingerprint density at radius 2 is 1.74 bits per heavy atom. The molecule has 4 heterocycles. The number of rotatable bonds is 9. The van der Waals surface area contributed by atoms with Crippen LogP contribution in [0.5, 0.6) is 0 Å². The highest BCUT2D eigenvalue weighted by Gasteiger charge is 2.27. The summed E-state index contributed by atoms with van der Waals surface area (Å²) in [5, 5.41) is 16.3. The number of nitrogens with one attached hydrogen (secondary N) is 2. The Bertz CT molecular complexity index is 1900. The number of hydrogen-bond acceptors (Lipinski definition) is 12. The van der Waals surface area contributed by atoms with E-state index < -0.39 is 10.0 Å². The topological polar surface area (TPSA) is 147 Å². The van der Waals surface area contributed by atoms with Gasteiger partial charge in [0.05, 0.1) is 23.7 Å². The zero-order valence-corrected chi connectivity index (χ0v) is 28.1. The molecule has 4 aromatic rings. The lowest BCUT2D eigenvalue weighted by Crippen LogP contribution is -2.52. The number of piperazine rings is 1. The lowest BCUT2D eigenvalue weighted by molar-refractivity contribution is 0.0982. The molecule has 2 aliphatic heterocycles. The van der Waals surface area contributed by atoms with Crippen LogP contribution < -0.4 is 19.8 Å². The van der Waals surface area contributed by atoms with Gasteiger partial charge in [0.15, 0.2) is 5.82 Å². The van der Waals surface area contributed by atoms with Gasteiger partial charge in [-0.3, -0.25) is 19.2 Å². The van der Waals surface area contributed by atoms with E-state index in [4.69, 9.17) is 0 Å². The lowest BCUT2D eigenvalue weighted by atomic mass is 10.00. The van der Waals surface area contributed by atoms with Crippen LogP contribution in [0.3, 0.4) is 0 Å². The molecule has 0 unspecified atom stereocenters. The summed E-state index contributed by atoms with van der Waals surface area (Å²) < 4.78 is 26.3. The Morgan fingerprint density at radius 1 is 1.00 bits per heavy atom. The second kappa shape index (κ2) is 13.6. The fraction of sp³-hybridized carbons (Fsp3) is 0.424. The van der Waals surface area contributed by atoms with Crippen LogP contribution in [0.1, 0.15) is 30.9 Å². The number of anilines is 6. The molecule has 0 spiro atoms. The van der Waals surface area contributed by atoms with Crippen LogP contribution in [0.4, 0.5) is 34.5 Å². The van der Waals surface area contributed by atoms with Crippen molar-refractivity contribution >= 4 is 55.6 Å². The van der Waals surface area contributed by atoms with Gasteiger partial charge in [0, 0.05) is 76.1 Å². The first-order valence-electron chi connectivity index (χ1n) is 15.9. The van der Waals surface area contributed by atoms with E-state index in [0.717, 1.165) is 61.9 Å². The number of fused-ring (bicyclic) bond motifs is 1. The van der Waals surface area contributed by atoms with Gasteiger partial charge in [0.1, 0.15) is 22.8 Å². The minimum absolute atomic E-state index is 0.201. The normalized spacial score (nSPS) is 16.6. The first-order valence-corrected chi connectivity index (χ1v) is 17.8. The molecule has 246 valence electrons. The van der Waals surface area contributed by atoms with Crippen LogP contribution in [0.25, 0.3) is 11.0 Å². The van der Waals surface area contributed by atoms with Gasteiger partial charge in [0.2, 0.25) is 16.0 Å². The van der Waals surface area contributed by atoms with Crippen LogP contribution in [-0.4, -0.2) is 104 Å². The summed E-state index contributed by atoms with van der Waals surface area (Å²) in [5.41, 5.74) is 5.17. The predicted octanol–water partition coefficient (Wildman–Crippen LogP) is 3.95. The second-order valence-corrected chi connectivity index (χ2v) is 14.2. The molecule has 0 atom stereocenters. The van der Waals surface area contributed by atoms with Crippen molar-refractivity contribution in [1.82, 2.24) is 29.7 Å². The van der Waals surface area contributed by atoms with Crippen LogP contribution >= 0.6 is 0 Å².